The number of rotatable bonds is 5. The van der Waals surface area contributed by atoms with Gasteiger partial charge >= 0.3 is 5.97 Å². The van der Waals surface area contributed by atoms with E-state index in [1.165, 1.54) is 0 Å². The van der Waals surface area contributed by atoms with E-state index in [2.05, 4.69) is 5.32 Å². The standard InChI is InChI=1S/C10H19NO3S/c1-9(4-3-7-15-14)5-6-11-10(9,2)8(12)13/h11,14H,3-7H2,1-2H3,(H,12,13)/t9-,10-/m1/s1. The summed E-state index contributed by atoms with van der Waals surface area (Å²) in [5.74, 6) is -0.107. The van der Waals surface area contributed by atoms with Crippen molar-refractivity contribution < 1.29 is 14.5 Å². The summed E-state index contributed by atoms with van der Waals surface area (Å²) >= 11 is 0.824. The van der Waals surface area contributed by atoms with Gasteiger partial charge in [0.05, 0.1) is 0 Å². The van der Waals surface area contributed by atoms with Crippen LogP contribution in [-0.4, -0.2) is 33.5 Å². The van der Waals surface area contributed by atoms with Crippen LogP contribution >= 0.6 is 12.0 Å². The first-order valence-electron chi connectivity index (χ1n) is 5.21. The van der Waals surface area contributed by atoms with E-state index in [1.807, 2.05) is 6.92 Å². The van der Waals surface area contributed by atoms with Crippen molar-refractivity contribution in [1.82, 2.24) is 5.32 Å². The topological polar surface area (TPSA) is 69.6 Å². The van der Waals surface area contributed by atoms with E-state index in [9.17, 15) is 9.90 Å². The fraction of sp³-hybridized carbons (Fsp3) is 0.900. The fourth-order valence-electron chi connectivity index (χ4n) is 2.29. The van der Waals surface area contributed by atoms with Gasteiger partial charge in [0.1, 0.15) is 5.54 Å². The zero-order valence-electron chi connectivity index (χ0n) is 9.25. The second kappa shape index (κ2) is 4.72. The Labute approximate surface area is 94.6 Å². The van der Waals surface area contributed by atoms with Crippen LogP contribution < -0.4 is 5.32 Å². The Hall–Kier alpha value is -0.260. The molecule has 1 aliphatic heterocycles. The molecule has 1 aliphatic rings. The predicted octanol–water partition coefficient (Wildman–Crippen LogP) is 1.82. The zero-order chi connectivity index (χ0) is 11.5. The van der Waals surface area contributed by atoms with Crippen molar-refractivity contribution in [3.05, 3.63) is 0 Å². The van der Waals surface area contributed by atoms with Crippen LogP contribution in [0.2, 0.25) is 0 Å². The third-order valence-electron chi connectivity index (χ3n) is 3.75. The predicted molar refractivity (Wildman–Crippen MR) is 61.1 cm³/mol. The maximum absolute atomic E-state index is 11.3. The summed E-state index contributed by atoms with van der Waals surface area (Å²) in [5, 5.41) is 12.3. The molecule has 0 bridgehead atoms. The van der Waals surface area contributed by atoms with Gasteiger partial charge in [-0.2, -0.15) is 0 Å². The molecular weight excluding hydrogens is 214 g/mol. The maximum atomic E-state index is 11.3. The third kappa shape index (κ3) is 2.29. The van der Waals surface area contributed by atoms with Gasteiger partial charge in [-0.1, -0.05) is 6.92 Å². The Morgan fingerprint density at radius 2 is 2.20 bits per heavy atom. The van der Waals surface area contributed by atoms with Crippen LogP contribution in [0.15, 0.2) is 0 Å². The monoisotopic (exact) mass is 233 g/mol. The molecule has 0 aromatic heterocycles. The Morgan fingerprint density at radius 1 is 1.53 bits per heavy atom. The second-order valence-corrected chi connectivity index (χ2v) is 5.27. The van der Waals surface area contributed by atoms with E-state index in [0.29, 0.717) is 5.75 Å². The van der Waals surface area contributed by atoms with Crippen LogP contribution in [0.5, 0.6) is 0 Å². The molecule has 0 unspecified atom stereocenters. The Kier molecular flexibility index (Phi) is 4.03. The molecular formula is C10H19NO3S. The Morgan fingerprint density at radius 3 is 2.73 bits per heavy atom. The number of carboxylic acids is 1. The molecule has 1 rings (SSSR count). The van der Waals surface area contributed by atoms with Crippen LogP contribution in [0.3, 0.4) is 0 Å². The van der Waals surface area contributed by atoms with Crippen LogP contribution in [0.25, 0.3) is 0 Å². The van der Waals surface area contributed by atoms with Gasteiger partial charge in [0, 0.05) is 5.75 Å². The molecule has 0 saturated carbocycles. The summed E-state index contributed by atoms with van der Waals surface area (Å²) in [5.41, 5.74) is -1.04. The van der Waals surface area contributed by atoms with Gasteiger partial charge in [0.15, 0.2) is 0 Å². The molecule has 1 fully saturated rings. The highest BCUT2D eigenvalue weighted by molar-refractivity contribution is 7.93. The van der Waals surface area contributed by atoms with Gasteiger partial charge in [-0.15, -0.1) is 0 Å². The number of carbonyl (C=O) groups is 1. The highest BCUT2D eigenvalue weighted by Crippen LogP contribution is 2.43. The van der Waals surface area contributed by atoms with E-state index >= 15 is 0 Å². The van der Waals surface area contributed by atoms with Crippen LogP contribution in [0.1, 0.15) is 33.1 Å². The van der Waals surface area contributed by atoms with Crippen molar-refractivity contribution in [2.24, 2.45) is 5.41 Å². The lowest BCUT2D eigenvalue weighted by molar-refractivity contribution is -0.148. The van der Waals surface area contributed by atoms with Gasteiger partial charge in [0.2, 0.25) is 0 Å². The highest BCUT2D eigenvalue weighted by atomic mass is 32.2. The van der Waals surface area contributed by atoms with Crippen molar-refractivity contribution in [3.8, 4) is 0 Å². The lowest BCUT2D eigenvalue weighted by atomic mass is 9.70. The number of aliphatic carboxylic acids is 1. The van der Waals surface area contributed by atoms with E-state index in [4.69, 9.17) is 4.55 Å². The first-order chi connectivity index (χ1) is 6.96. The van der Waals surface area contributed by atoms with Crippen LogP contribution in [0, 0.1) is 5.41 Å². The van der Waals surface area contributed by atoms with Gasteiger partial charge in [0.25, 0.3) is 0 Å². The largest absolute Gasteiger partial charge is 0.480 e. The smallest absolute Gasteiger partial charge is 0.324 e. The second-order valence-electron chi connectivity index (χ2n) is 4.60. The molecule has 0 aromatic rings. The van der Waals surface area contributed by atoms with E-state index < -0.39 is 11.5 Å². The van der Waals surface area contributed by atoms with Crippen molar-refractivity contribution in [2.75, 3.05) is 12.3 Å². The molecule has 88 valence electrons. The summed E-state index contributed by atoms with van der Waals surface area (Å²) in [6.07, 6.45) is 2.56. The SMILES string of the molecule is C[C@@]1(CCCSO)CCN[C@]1(C)C(=O)O. The van der Waals surface area contributed by atoms with Crippen LogP contribution in [0.4, 0.5) is 0 Å². The highest BCUT2D eigenvalue weighted by Gasteiger charge is 2.53. The normalized spacial score (nSPS) is 35.7. The van der Waals surface area contributed by atoms with Gasteiger partial charge in [-0.05, 0) is 50.2 Å². The number of nitrogens with one attached hydrogen (secondary N) is 1. The number of carboxylic acid groups (broad SMARTS) is 1. The van der Waals surface area contributed by atoms with Gasteiger partial charge in [-0.3, -0.25) is 4.79 Å². The van der Waals surface area contributed by atoms with Crippen molar-refractivity contribution in [3.63, 3.8) is 0 Å². The molecule has 1 heterocycles. The minimum Gasteiger partial charge on any atom is -0.480 e. The minimum atomic E-state index is -0.826. The molecule has 15 heavy (non-hydrogen) atoms. The summed E-state index contributed by atoms with van der Waals surface area (Å²) in [6.45, 7) is 4.53. The molecule has 3 N–H and O–H groups in total. The van der Waals surface area contributed by atoms with Gasteiger partial charge in [-0.25, -0.2) is 0 Å². The first-order valence-corrected chi connectivity index (χ1v) is 6.15. The summed E-state index contributed by atoms with van der Waals surface area (Å²) in [7, 11) is 0. The molecule has 0 aromatic carbocycles. The average molecular weight is 233 g/mol. The zero-order valence-corrected chi connectivity index (χ0v) is 10.1. The third-order valence-corrected chi connectivity index (χ3v) is 4.23. The van der Waals surface area contributed by atoms with Crippen molar-refractivity contribution >= 4 is 18.0 Å². The van der Waals surface area contributed by atoms with Crippen LogP contribution in [-0.2, 0) is 4.79 Å². The maximum Gasteiger partial charge on any atom is 0.324 e. The molecule has 4 nitrogen and oxygen atoms in total. The summed E-state index contributed by atoms with van der Waals surface area (Å²) in [4.78, 5) is 11.3. The molecule has 0 aliphatic carbocycles. The minimum absolute atomic E-state index is 0.214. The molecule has 2 atom stereocenters. The van der Waals surface area contributed by atoms with E-state index in [0.717, 1.165) is 37.8 Å². The van der Waals surface area contributed by atoms with E-state index in [-0.39, 0.29) is 5.41 Å². The molecule has 0 spiro atoms. The van der Waals surface area contributed by atoms with Gasteiger partial charge < -0.3 is 15.0 Å². The molecule has 0 amide bonds. The Balaban J connectivity index is 2.68. The summed E-state index contributed by atoms with van der Waals surface area (Å²) in [6, 6.07) is 0. The van der Waals surface area contributed by atoms with E-state index in [1.54, 1.807) is 6.92 Å². The molecule has 0 radical (unpaired) electrons. The summed E-state index contributed by atoms with van der Waals surface area (Å²) < 4.78 is 8.65. The lowest BCUT2D eigenvalue weighted by Crippen LogP contribution is -2.54. The average Bonchev–Trinajstić information content (AvgIpc) is 2.45. The molecule has 1 saturated heterocycles. The lowest BCUT2D eigenvalue weighted by Gasteiger charge is -2.37. The van der Waals surface area contributed by atoms with Crippen molar-refractivity contribution in [1.29, 1.82) is 0 Å². The number of hydrogen-bond donors (Lipinski definition) is 3. The first kappa shape index (κ1) is 12.8. The van der Waals surface area contributed by atoms with Crippen molar-refractivity contribution in [2.45, 2.75) is 38.6 Å². The molecule has 5 heteroatoms. The Bertz CT molecular complexity index is 249. The quantitative estimate of drug-likeness (QED) is 0.499. The fourth-order valence-corrected chi connectivity index (χ4v) is 2.56. The number of hydrogen-bond acceptors (Lipinski definition) is 4.